The van der Waals surface area contributed by atoms with E-state index >= 15 is 0 Å². The third-order valence-electron chi connectivity index (χ3n) is 1.74. The van der Waals surface area contributed by atoms with Gasteiger partial charge in [-0.2, -0.15) is 0 Å². The molecule has 2 nitrogen and oxygen atoms in total. The van der Waals surface area contributed by atoms with Gasteiger partial charge in [0.1, 0.15) is 5.82 Å². The Bertz CT molecular complexity index is 256. The zero-order valence-corrected chi connectivity index (χ0v) is 9.04. The van der Waals surface area contributed by atoms with Gasteiger partial charge in [-0.05, 0) is 18.1 Å². The molecule has 1 aromatic rings. The third-order valence-corrected chi connectivity index (χ3v) is 1.97. The predicted octanol–water partition coefficient (Wildman–Crippen LogP) is 2.83. The average molecular weight is 199 g/mol. The highest BCUT2D eigenvalue weighted by Gasteiger charge is 2.03. The molecule has 13 heavy (non-hydrogen) atoms. The lowest BCUT2D eigenvalue weighted by Gasteiger charge is -2.19. The summed E-state index contributed by atoms with van der Waals surface area (Å²) in [5.74, 6) is 1.61. The quantitative estimate of drug-likeness (QED) is 0.743. The average Bonchev–Trinajstić information content (AvgIpc) is 2.04. The van der Waals surface area contributed by atoms with Crippen LogP contribution in [0.4, 0.5) is 5.82 Å². The van der Waals surface area contributed by atoms with Crippen LogP contribution >= 0.6 is 11.6 Å². The summed E-state index contributed by atoms with van der Waals surface area (Å²) in [5.41, 5.74) is 0. The van der Waals surface area contributed by atoms with Gasteiger partial charge in [0.25, 0.3) is 0 Å². The second kappa shape index (κ2) is 4.47. The Morgan fingerprint density at radius 1 is 1.46 bits per heavy atom. The Labute approximate surface area is 84.5 Å². The SMILES string of the molecule is CC(C)CN(C)c1ccc(Cl)cn1. The number of aromatic nitrogens is 1. The van der Waals surface area contributed by atoms with Gasteiger partial charge in [0, 0.05) is 19.8 Å². The Kier molecular flexibility index (Phi) is 3.55. The van der Waals surface area contributed by atoms with E-state index in [1.165, 1.54) is 0 Å². The minimum atomic E-state index is 0.641. The fourth-order valence-electron chi connectivity index (χ4n) is 1.24. The van der Waals surface area contributed by atoms with Gasteiger partial charge in [-0.15, -0.1) is 0 Å². The van der Waals surface area contributed by atoms with Crippen molar-refractivity contribution in [2.45, 2.75) is 13.8 Å². The molecule has 0 N–H and O–H groups in total. The van der Waals surface area contributed by atoms with Crippen molar-refractivity contribution in [3.8, 4) is 0 Å². The molecular formula is C10H15ClN2. The molecule has 72 valence electrons. The highest BCUT2D eigenvalue weighted by molar-refractivity contribution is 6.30. The minimum Gasteiger partial charge on any atom is -0.359 e. The van der Waals surface area contributed by atoms with Crippen LogP contribution in [0.5, 0.6) is 0 Å². The van der Waals surface area contributed by atoms with E-state index in [-0.39, 0.29) is 0 Å². The van der Waals surface area contributed by atoms with Crippen LogP contribution in [0.3, 0.4) is 0 Å². The molecule has 0 saturated heterocycles. The van der Waals surface area contributed by atoms with Crippen LogP contribution in [0.25, 0.3) is 0 Å². The first kappa shape index (κ1) is 10.3. The Balaban J connectivity index is 2.66. The molecule has 3 heteroatoms. The molecule has 1 rings (SSSR count). The molecule has 0 spiro atoms. The van der Waals surface area contributed by atoms with E-state index in [2.05, 4.69) is 23.7 Å². The van der Waals surface area contributed by atoms with Gasteiger partial charge in [0.05, 0.1) is 5.02 Å². The van der Waals surface area contributed by atoms with Crippen molar-refractivity contribution in [2.75, 3.05) is 18.5 Å². The van der Waals surface area contributed by atoms with E-state index in [9.17, 15) is 0 Å². The van der Waals surface area contributed by atoms with Gasteiger partial charge in [-0.1, -0.05) is 25.4 Å². The van der Waals surface area contributed by atoms with Crippen LogP contribution in [0.15, 0.2) is 18.3 Å². The normalized spacial score (nSPS) is 10.5. The number of pyridine rings is 1. The second-order valence-corrected chi connectivity index (χ2v) is 4.05. The molecule has 0 aliphatic rings. The molecule has 1 heterocycles. The monoisotopic (exact) mass is 198 g/mol. The van der Waals surface area contributed by atoms with E-state index in [1.54, 1.807) is 6.20 Å². The van der Waals surface area contributed by atoms with E-state index in [0.29, 0.717) is 10.9 Å². The highest BCUT2D eigenvalue weighted by atomic mass is 35.5. The fourth-order valence-corrected chi connectivity index (χ4v) is 1.35. The highest BCUT2D eigenvalue weighted by Crippen LogP contribution is 2.13. The maximum absolute atomic E-state index is 5.74. The first-order chi connectivity index (χ1) is 6.09. The summed E-state index contributed by atoms with van der Waals surface area (Å²) in [6, 6.07) is 3.80. The molecule has 0 bridgehead atoms. The lowest BCUT2D eigenvalue weighted by molar-refractivity contribution is 0.635. The molecule has 0 amide bonds. The summed E-state index contributed by atoms with van der Waals surface area (Å²) in [6.07, 6.45) is 1.67. The van der Waals surface area contributed by atoms with E-state index in [0.717, 1.165) is 12.4 Å². The van der Waals surface area contributed by atoms with Crippen molar-refractivity contribution in [2.24, 2.45) is 5.92 Å². The number of hydrogen-bond acceptors (Lipinski definition) is 2. The molecule has 0 aliphatic heterocycles. The van der Waals surface area contributed by atoms with Gasteiger partial charge in [0.2, 0.25) is 0 Å². The molecule has 0 atom stereocenters. The Morgan fingerprint density at radius 3 is 2.62 bits per heavy atom. The molecule has 1 aromatic heterocycles. The van der Waals surface area contributed by atoms with Crippen LogP contribution in [0.2, 0.25) is 5.02 Å². The summed E-state index contributed by atoms with van der Waals surface area (Å²) in [6.45, 7) is 5.38. The summed E-state index contributed by atoms with van der Waals surface area (Å²) >= 11 is 5.74. The molecule has 0 saturated carbocycles. The zero-order valence-electron chi connectivity index (χ0n) is 8.29. The van der Waals surface area contributed by atoms with Crippen LogP contribution in [-0.4, -0.2) is 18.6 Å². The van der Waals surface area contributed by atoms with Crippen molar-refractivity contribution in [1.82, 2.24) is 4.98 Å². The first-order valence-electron chi connectivity index (χ1n) is 4.42. The van der Waals surface area contributed by atoms with Crippen LogP contribution < -0.4 is 4.90 Å². The number of hydrogen-bond donors (Lipinski definition) is 0. The first-order valence-corrected chi connectivity index (χ1v) is 4.80. The Morgan fingerprint density at radius 2 is 2.15 bits per heavy atom. The van der Waals surface area contributed by atoms with E-state index in [4.69, 9.17) is 11.6 Å². The van der Waals surface area contributed by atoms with Gasteiger partial charge < -0.3 is 4.90 Å². The number of halogens is 1. The topological polar surface area (TPSA) is 16.1 Å². The molecule has 0 aliphatic carbocycles. The molecule has 0 unspecified atom stereocenters. The van der Waals surface area contributed by atoms with Crippen molar-refractivity contribution in [3.05, 3.63) is 23.4 Å². The Hall–Kier alpha value is -0.760. The van der Waals surface area contributed by atoms with Gasteiger partial charge >= 0.3 is 0 Å². The summed E-state index contributed by atoms with van der Waals surface area (Å²) < 4.78 is 0. The van der Waals surface area contributed by atoms with Crippen molar-refractivity contribution >= 4 is 17.4 Å². The molecule has 0 aromatic carbocycles. The predicted molar refractivity (Wildman–Crippen MR) is 57.4 cm³/mol. The van der Waals surface area contributed by atoms with Crippen LogP contribution in [0.1, 0.15) is 13.8 Å². The standard InChI is InChI=1S/C10H15ClN2/c1-8(2)7-13(3)10-5-4-9(11)6-12-10/h4-6,8H,7H2,1-3H3. The van der Waals surface area contributed by atoms with Crippen LogP contribution in [-0.2, 0) is 0 Å². The number of anilines is 1. The van der Waals surface area contributed by atoms with Crippen molar-refractivity contribution in [3.63, 3.8) is 0 Å². The minimum absolute atomic E-state index is 0.641. The second-order valence-electron chi connectivity index (χ2n) is 3.61. The molecule has 0 radical (unpaired) electrons. The van der Waals surface area contributed by atoms with Gasteiger partial charge in [-0.25, -0.2) is 4.98 Å². The van der Waals surface area contributed by atoms with Gasteiger partial charge in [-0.3, -0.25) is 0 Å². The maximum atomic E-state index is 5.74. The maximum Gasteiger partial charge on any atom is 0.128 e. The summed E-state index contributed by atoms with van der Waals surface area (Å²) in [4.78, 5) is 6.35. The lowest BCUT2D eigenvalue weighted by atomic mass is 10.2. The van der Waals surface area contributed by atoms with Crippen molar-refractivity contribution in [1.29, 1.82) is 0 Å². The smallest absolute Gasteiger partial charge is 0.128 e. The number of rotatable bonds is 3. The molecule has 0 fully saturated rings. The lowest BCUT2D eigenvalue weighted by Crippen LogP contribution is -2.23. The van der Waals surface area contributed by atoms with E-state index in [1.807, 2.05) is 19.2 Å². The number of nitrogens with zero attached hydrogens (tertiary/aromatic N) is 2. The largest absolute Gasteiger partial charge is 0.359 e. The fraction of sp³-hybridized carbons (Fsp3) is 0.500. The van der Waals surface area contributed by atoms with Gasteiger partial charge in [0.15, 0.2) is 0 Å². The summed E-state index contributed by atoms with van der Waals surface area (Å²) in [7, 11) is 2.04. The van der Waals surface area contributed by atoms with Crippen LogP contribution in [0, 0.1) is 5.92 Å². The van der Waals surface area contributed by atoms with Crippen molar-refractivity contribution < 1.29 is 0 Å². The zero-order chi connectivity index (χ0) is 9.84. The third kappa shape index (κ3) is 3.23. The summed E-state index contributed by atoms with van der Waals surface area (Å²) in [5, 5.41) is 0.682. The van der Waals surface area contributed by atoms with E-state index < -0.39 is 0 Å². The molecular weight excluding hydrogens is 184 g/mol.